The largest absolute Gasteiger partial charge is 0.444 e. The van der Waals surface area contributed by atoms with Gasteiger partial charge in [-0.3, -0.25) is 4.21 Å². The highest BCUT2D eigenvalue weighted by atomic mass is 32.2. The minimum atomic E-state index is -0.890. The van der Waals surface area contributed by atoms with E-state index in [9.17, 15) is 4.21 Å². The van der Waals surface area contributed by atoms with E-state index in [1.165, 1.54) is 5.56 Å². The maximum atomic E-state index is 12.1. The summed E-state index contributed by atoms with van der Waals surface area (Å²) in [7, 11) is -0.890. The Hall–Kier alpha value is -2.15. The number of aryl methyl sites for hydroxylation is 1. The van der Waals surface area contributed by atoms with Crippen LogP contribution in [0, 0.1) is 6.92 Å². The van der Waals surface area contributed by atoms with Gasteiger partial charge in [-0.2, -0.15) is 0 Å². The van der Waals surface area contributed by atoms with Gasteiger partial charge in [0.2, 0.25) is 5.89 Å². The molecule has 2 aromatic rings. The van der Waals surface area contributed by atoms with Crippen LogP contribution in [-0.4, -0.2) is 38.7 Å². The number of guanidine groups is 1. The molecule has 27 heavy (non-hydrogen) atoms. The highest BCUT2D eigenvalue weighted by Gasteiger charge is 2.18. The topological polar surface area (TPSA) is 79.5 Å². The molecule has 0 saturated heterocycles. The first-order valence-corrected chi connectivity index (χ1v) is 10.5. The molecule has 0 aliphatic carbocycles. The summed E-state index contributed by atoms with van der Waals surface area (Å²) in [6, 6.07) is 8.06. The van der Waals surface area contributed by atoms with Crippen LogP contribution >= 0.6 is 0 Å². The molecular formula is C20H30N4O2S. The fraction of sp³-hybridized carbons (Fsp3) is 0.500. The molecule has 0 fully saturated rings. The second kappa shape index (κ2) is 9.69. The van der Waals surface area contributed by atoms with E-state index in [-0.39, 0.29) is 4.75 Å². The van der Waals surface area contributed by atoms with Crippen LogP contribution in [0.2, 0.25) is 0 Å². The maximum absolute atomic E-state index is 12.1. The van der Waals surface area contributed by atoms with Gasteiger partial charge in [0.1, 0.15) is 12.0 Å². The monoisotopic (exact) mass is 390 g/mol. The van der Waals surface area contributed by atoms with Gasteiger partial charge in [0.25, 0.3) is 0 Å². The molecule has 0 aliphatic rings. The molecular weight excluding hydrogens is 360 g/mol. The molecule has 148 valence electrons. The second-order valence-corrected chi connectivity index (χ2v) is 9.62. The molecule has 2 rings (SSSR count). The summed E-state index contributed by atoms with van der Waals surface area (Å²) in [4.78, 5) is 9.04. The highest BCUT2D eigenvalue weighted by Crippen LogP contribution is 2.19. The van der Waals surface area contributed by atoms with Gasteiger partial charge in [0.05, 0.1) is 6.54 Å². The Morgan fingerprint density at radius 2 is 1.93 bits per heavy atom. The molecule has 1 unspecified atom stereocenters. The van der Waals surface area contributed by atoms with Crippen LogP contribution in [0.4, 0.5) is 0 Å². The van der Waals surface area contributed by atoms with Gasteiger partial charge in [-0.1, -0.05) is 17.7 Å². The smallest absolute Gasteiger partial charge is 0.226 e. The van der Waals surface area contributed by atoms with Crippen molar-refractivity contribution in [3.05, 3.63) is 41.8 Å². The van der Waals surface area contributed by atoms with Gasteiger partial charge in [-0.05, 0) is 46.8 Å². The predicted molar refractivity (Wildman–Crippen MR) is 112 cm³/mol. The normalized spacial score (nSPS) is 13.4. The van der Waals surface area contributed by atoms with E-state index < -0.39 is 10.8 Å². The first-order chi connectivity index (χ1) is 12.8. The van der Waals surface area contributed by atoms with E-state index in [0.717, 1.165) is 17.8 Å². The third-order valence-corrected chi connectivity index (χ3v) is 5.80. The lowest BCUT2D eigenvalue weighted by molar-refractivity contribution is 0.572. The van der Waals surface area contributed by atoms with Crippen molar-refractivity contribution in [2.75, 3.05) is 18.8 Å². The minimum Gasteiger partial charge on any atom is -0.444 e. The Balaban J connectivity index is 1.94. The second-order valence-electron chi connectivity index (χ2n) is 7.29. The van der Waals surface area contributed by atoms with Crippen molar-refractivity contribution < 1.29 is 8.63 Å². The number of benzene rings is 1. The third-order valence-electron chi connectivity index (χ3n) is 3.86. The molecule has 1 heterocycles. The van der Waals surface area contributed by atoms with Gasteiger partial charge < -0.3 is 15.1 Å². The van der Waals surface area contributed by atoms with E-state index in [4.69, 9.17) is 4.42 Å². The number of nitrogens with zero attached hydrogens (tertiary/aromatic N) is 2. The molecule has 0 amide bonds. The van der Waals surface area contributed by atoms with Crippen LogP contribution in [0.1, 0.15) is 39.0 Å². The predicted octanol–water partition coefficient (Wildman–Crippen LogP) is 3.25. The van der Waals surface area contributed by atoms with E-state index in [0.29, 0.717) is 30.7 Å². The Morgan fingerprint density at radius 1 is 1.22 bits per heavy atom. The Morgan fingerprint density at radius 3 is 2.56 bits per heavy atom. The van der Waals surface area contributed by atoms with E-state index >= 15 is 0 Å². The molecule has 2 N–H and O–H groups in total. The molecule has 1 aromatic heterocycles. The lowest BCUT2D eigenvalue weighted by Gasteiger charge is -2.18. The van der Waals surface area contributed by atoms with Crippen molar-refractivity contribution in [2.24, 2.45) is 4.99 Å². The fourth-order valence-corrected chi connectivity index (χ4v) is 3.18. The number of aromatic nitrogens is 1. The summed E-state index contributed by atoms with van der Waals surface area (Å²) in [6.45, 7) is 11.8. The SMILES string of the molecule is CCNC(=NCc1coc(-c2ccc(C)cc2)n1)NCCS(=O)C(C)(C)C. The minimum absolute atomic E-state index is 0.204. The number of nitrogens with one attached hydrogen (secondary N) is 2. The Bertz CT molecular complexity index is 776. The van der Waals surface area contributed by atoms with Gasteiger partial charge in [0.15, 0.2) is 5.96 Å². The average Bonchev–Trinajstić information content (AvgIpc) is 3.08. The number of hydrogen-bond donors (Lipinski definition) is 2. The zero-order valence-electron chi connectivity index (χ0n) is 16.8. The highest BCUT2D eigenvalue weighted by molar-refractivity contribution is 7.86. The van der Waals surface area contributed by atoms with Crippen molar-refractivity contribution >= 4 is 16.8 Å². The quantitative estimate of drug-likeness (QED) is 0.560. The zero-order chi connectivity index (χ0) is 19.9. The van der Waals surface area contributed by atoms with Crippen LogP contribution in [0.15, 0.2) is 39.9 Å². The summed E-state index contributed by atoms with van der Waals surface area (Å²) >= 11 is 0. The van der Waals surface area contributed by atoms with E-state index in [1.807, 2.05) is 58.9 Å². The van der Waals surface area contributed by atoms with Crippen LogP contribution in [0.25, 0.3) is 11.5 Å². The van der Waals surface area contributed by atoms with Crippen molar-refractivity contribution in [3.8, 4) is 11.5 Å². The van der Waals surface area contributed by atoms with E-state index in [1.54, 1.807) is 6.26 Å². The standard InChI is InChI=1S/C20H30N4O2S/c1-6-21-19(22-11-12-27(25)20(3,4)5)23-13-17-14-26-18(24-17)16-9-7-15(2)8-10-16/h7-10,14H,6,11-13H2,1-5H3,(H2,21,22,23). The first kappa shape index (κ1) is 21.2. The van der Waals surface area contributed by atoms with Gasteiger partial charge >= 0.3 is 0 Å². The lowest BCUT2D eigenvalue weighted by atomic mass is 10.1. The molecule has 7 heteroatoms. The van der Waals surface area contributed by atoms with Crippen LogP contribution in [0.5, 0.6) is 0 Å². The average molecular weight is 391 g/mol. The maximum Gasteiger partial charge on any atom is 0.226 e. The number of aliphatic imine (C=N–C) groups is 1. The molecule has 1 atom stereocenters. The fourth-order valence-electron chi connectivity index (χ4n) is 2.28. The van der Waals surface area contributed by atoms with Gasteiger partial charge in [0, 0.05) is 40.0 Å². The summed E-state index contributed by atoms with van der Waals surface area (Å²) < 4.78 is 17.5. The molecule has 0 radical (unpaired) electrons. The van der Waals surface area contributed by atoms with Crippen LogP contribution in [-0.2, 0) is 17.3 Å². The zero-order valence-corrected chi connectivity index (χ0v) is 17.7. The molecule has 0 saturated carbocycles. The van der Waals surface area contributed by atoms with Gasteiger partial charge in [-0.25, -0.2) is 9.98 Å². The molecule has 0 spiro atoms. The summed E-state index contributed by atoms with van der Waals surface area (Å²) in [5, 5.41) is 6.42. The summed E-state index contributed by atoms with van der Waals surface area (Å²) in [6.07, 6.45) is 1.64. The summed E-state index contributed by atoms with van der Waals surface area (Å²) in [5.41, 5.74) is 2.91. The van der Waals surface area contributed by atoms with Gasteiger partial charge in [-0.15, -0.1) is 0 Å². The molecule has 1 aromatic carbocycles. The Kier molecular flexibility index (Phi) is 7.59. The Labute approximate surface area is 164 Å². The molecule has 0 aliphatic heterocycles. The summed E-state index contributed by atoms with van der Waals surface area (Å²) in [5.74, 6) is 1.86. The van der Waals surface area contributed by atoms with Crippen LogP contribution < -0.4 is 10.6 Å². The molecule has 0 bridgehead atoms. The third kappa shape index (κ3) is 6.82. The van der Waals surface area contributed by atoms with Crippen molar-refractivity contribution in [1.82, 2.24) is 15.6 Å². The van der Waals surface area contributed by atoms with Crippen molar-refractivity contribution in [2.45, 2.75) is 45.9 Å². The van der Waals surface area contributed by atoms with Crippen molar-refractivity contribution in [1.29, 1.82) is 0 Å². The van der Waals surface area contributed by atoms with E-state index in [2.05, 4.69) is 20.6 Å². The number of hydrogen-bond acceptors (Lipinski definition) is 4. The molecule has 6 nitrogen and oxygen atoms in total. The van der Waals surface area contributed by atoms with Crippen LogP contribution in [0.3, 0.4) is 0 Å². The number of rotatable bonds is 7. The number of oxazole rings is 1. The van der Waals surface area contributed by atoms with Crippen molar-refractivity contribution in [3.63, 3.8) is 0 Å². The lowest BCUT2D eigenvalue weighted by Crippen LogP contribution is -2.40. The first-order valence-electron chi connectivity index (χ1n) is 9.21.